The number of benzene rings is 11. The van der Waals surface area contributed by atoms with Crippen LogP contribution in [0.25, 0.3) is 119 Å². The Morgan fingerprint density at radius 3 is 1.58 bits per heavy atom. The van der Waals surface area contributed by atoms with Crippen LogP contribution in [0.5, 0.6) is 0 Å². The maximum atomic E-state index is 2.49. The van der Waals surface area contributed by atoms with Crippen molar-refractivity contribution in [3.05, 3.63) is 205 Å². The number of hydrogen-bond donors (Lipinski definition) is 0. The highest BCUT2D eigenvalue weighted by atomic mass is 32.1. The van der Waals surface area contributed by atoms with E-state index in [1.165, 1.54) is 130 Å². The molecule has 0 fully saturated rings. The molecule has 0 saturated heterocycles. The number of rotatable bonds is 3. The zero-order valence-electron chi connectivity index (χ0n) is 33.4. The van der Waals surface area contributed by atoms with E-state index in [2.05, 4.69) is 208 Å². The van der Waals surface area contributed by atoms with Crippen molar-refractivity contribution in [1.82, 2.24) is 0 Å². The Morgan fingerprint density at radius 1 is 0.317 bits per heavy atom. The highest BCUT2D eigenvalue weighted by molar-refractivity contribution is 7.25. The Balaban J connectivity index is 0.929. The normalized spacial score (nSPS) is 13.3. The zero-order chi connectivity index (χ0) is 39.7. The minimum atomic E-state index is -0.0623. The molecule has 1 aliphatic rings. The molecule has 1 heteroatoms. The highest BCUT2D eigenvalue weighted by Gasteiger charge is 2.37. The summed E-state index contributed by atoms with van der Waals surface area (Å²) in [6.07, 6.45) is 0. The molecule has 0 spiro atoms. The lowest BCUT2D eigenvalue weighted by Gasteiger charge is -2.23. The maximum Gasteiger partial charge on any atom is 0.0358 e. The van der Waals surface area contributed by atoms with Crippen LogP contribution in [0.1, 0.15) is 25.0 Å². The summed E-state index contributed by atoms with van der Waals surface area (Å²) in [6.45, 7) is 4.80. The number of hydrogen-bond acceptors (Lipinski definition) is 1. The molecule has 0 aliphatic heterocycles. The molecule has 60 heavy (non-hydrogen) atoms. The first-order valence-electron chi connectivity index (χ1n) is 21.0. The maximum absolute atomic E-state index is 2.49. The molecule has 11 aromatic carbocycles. The molecule has 1 aliphatic carbocycles. The van der Waals surface area contributed by atoms with E-state index in [0.29, 0.717) is 0 Å². The standard InChI is InChI=1S/C59H38S/c1-59(2)53-34-55-52(33-50(53)49-28-26-36-13-4-6-16-43(36)58(49)59)51-32-40(27-29-54(51)60-55)38-22-23-39-31-41(25-24-37(39)30-38)56-45-17-7-9-19-47(45)57(48-20-10-8-18-46(48)56)44-21-11-14-35-12-3-5-15-42(35)44/h3-34H,1-2H3. The first-order valence-corrected chi connectivity index (χ1v) is 21.8. The summed E-state index contributed by atoms with van der Waals surface area (Å²) < 4.78 is 2.70. The minimum absolute atomic E-state index is 0.0623. The van der Waals surface area contributed by atoms with E-state index < -0.39 is 0 Å². The van der Waals surface area contributed by atoms with Crippen molar-refractivity contribution in [2.24, 2.45) is 0 Å². The molecule has 0 bridgehead atoms. The van der Waals surface area contributed by atoms with Gasteiger partial charge in [-0.25, -0.2) is 0 Å². The molecule has 0 N–H and O–H groups in total. The predicted octanol–water partition coefficient (Wildman–Crippen LogP) is 17.1. The van der Waals surface area contributed by atoms with E-state index in [-0.39, 0.29) is 5.41 Å². The van der Waals surface area contributed by atoms with Crippen molar-refractivity contribution in [3.63, 3.8) is 0 Å². The highest BCUT2D eigenvalue weighted by Crippen LogP contribution is 2.54. The van der Waals surface area contributed by atoms with Crippen LogP contribution in [0.15, 0.2) is 194 Å². The van der Waals surface area contributed by atoms with Gasteiger partial charge in [-0.2, -0.15) is 0 Å². The summed E-state index contributed by atoms with van der Waals surface area (Å²) in [7, 11) is 0. The molecule has 0 nitrogen and oxygen atoms in total. The average molecular weight is 779 g/mol. The topological polar surface area (TPSA) is 0 Å². The lowest BCUT2D eigenvalue weighted by molar-refractivity contribution is 0.667. The molecule has 1 heterocycles. The average Bonchev–Trinajstić information content (AvgIpc) is 3.77. The van der Waals surface area contributed by atoms with Crippen molar-refractivity contribution in [3.8, 4) is 44.5 Å². The van der Waals surface area contributed by atoms with Crippen LogP contribution in [0, 0.1) is 0 Å². The molecular formula is C59H38S. The molecule has 0 amide bonds. The summed E-state index contributed by atoms with van der Waals surface area (Å²) in [5.74, 6) is 0. The van der Waals surface area contributed by atoms with Crippen LogP contribution in [-0.2, 0) is 5.41 Å². The van der Waals surface area contributed by atoms with Gasteiger partial charge in [0.15, 0.2) is 0 Å². The van der Waals surface area contributed by atoms with E-state index in [9.17, 15) is 0 Å². The van der Waals surface area contributed by atoms with Gasteiger partial charge in [-0.3, -0.25) is 0 Å². The zero-order valence-corrected chi connectivity index (χ0v) is 34.2. The van der Waals surface area contributed by atoms with E-state index >= 15 is 0 Å². The van der Waals surface area contributed by atoms with Crippen molar-refractivity contribution < 1.29 is 0 Å². The lowest BCUT2D eigenvalue weighted by atomic mass is 9.80. The lowest BCUT2D eigenvalue weighted by Crippen LogP contribution is -2.15. The third-order valence-electron chi connectivity index (χ3n) is 13.6. The molecular weight excluding hydrogens is 741 g/mol. The molecule has 280 valence electrons. The Morgan fingerprint density at radius 2 is 0.850 bits per heavy atom. The van der Waals surface area contributed by atoms with Crippen molar-refractivity contribution in [2.45, 2.75) is 19.3 Å². The monoisotopic (exact) mass is 778 g/mol. The molecule has 0 radical (unpaired) electrons. The smallest absolute Gasteiger partial charge is 0.0358 e. The number of fused-ring (bicyclic) bond motifs is 12. The van der Waals surface area contributed by atoms with Crippen molar-refractivity contribution in [1.29, 1.82) is 0 Å². The van der Waals surface area contributed by atoms with Crippen molar-refractivity contribution >= 4 is 85.4 Å². The van der Waals surface area contributed by atoms with Gasteiger partial charge in [-0.1, -0.05) is 172 Å². The summed E-state index contributed by atoms with van der Waals surface area (Å²) in [5, 5.41) is 15.5. The molecule has 0 atom stereocenters. The van der Waals surface area contributed by atoms with E-state index in [1.54, 1.807) is 0 Å². The van der Waals surface area contributed by atoms with E-state index in [4.69, 9.17) is 0 Å². The Kier molecular flexibility index (Phi) is 7.04. The largest absolute Gasteiger partial charge is 0.135 e. The summed E-state index contributed by atoms with van der Waals surface area (Å²) in [6, 6.07) is 73.0. The summed E-state index contributed by atoms with van der Waals surface area (Å²) in [5.41, 5.74) is 13.2. The molecule has 1 aromatic heterocycles. The van der Waals surface area contributed by atoms with Crippen LogP contribution >= 0.6 is 11.3 Å². The van der Waals surface area contributed by atoms with E-state index in [0.717, 1.165) is 0 Å². The van der Waals surface area contributed by atoms with E-state index in [1.807, 2.05) is 11.3 Å². The second-order valence-electron chi connectivity index (χ2n) is 17.2. The molecule has 13 rings (SSSR count). The first-order chi connectivity index (χ1) is 29.5. The SMILES string of the molecule is CC1(C)c2cc3sc4ccc(-c5ccc6cc(-c7c8ccccc8c(-c8cccc9ccccc89)c8ccccc78)ccc6c5)cc4c3cc2-c2ccc3ccccc3c21. The van der Waals surface area contributed by atoms with Gasteiger partial charge >= 0.3 is 0 Å². The quantitative estimate of drug-likeness (QED) is 0.157. The van der Waals surface area contributed by atoms with Crippen LogP contribution < -0.4 is 0 Å². The summed E-state index contributed by atoms with van der Waals surface area (Å²) in [4.78, 5) is 0. The fourth-order valence-corrected chi connectivity index (χ4v) is 11.9. The molecule has 12 aromatic rings. The van der Waals surface area contributed by atoms with Gasteiger partial charge < -0.3 is 0 Å². The van der Waals surface area contributed by atoms with Gasteiger partial charge in [0, 0.05) is 25.6 Å². The van der Waals surface area contributed by atoms with Crippen LogP contribution in [-0.4, -0.2) is 0 Å². The molecule has 0 unspecified atom stereocenters. The Hall–Kier alpha value is -7.06. The fourth-order valence-electron chi connectivity index (χ4n) is 10.8. The van der Waals surface area contributed by atoms with Gasteiger partial charge in [-0.05, 0) is 146 Å². The van der Waals surface area contributed by atoms with Crippen LogP contribution in [0.3, 0.4) is 0 Å². The third kappa shape index (κ3) is 4.79. The van der Waals surface area contributed by atoms with Gasteiger partial charge in [0.25, 0.3) is 0 Å². The van der Waals surface area contributed by atoms with Gasteiger partial charge in [-0.15, -0.1) is 11.3 Å². The van der Waals surface area contributed by atoms with Gasteiger partial charge in [0.05, 0.1) is 0 Å². The van der Waals surface area contributed by atoms with Crippen molar-refractivity contribution in [2.75, 3.05) is 0 Å². The summed E-state index contributed by atoms with van der Waals surface area (Å²) >= 11 is 1.92. The molecule has 0 saturated carbocycles. The predicted molar refractivity (Wildman–Crippen MR) is 261 cm³/mol. The minimum Gasteiger partial charge on any atom is -0.135 e. The van der Waals surface area contributed by atoms with Gasteiger partial charge in [0.2, 0.25) is 0 Å². The second kappa shape index (κ2) is 12.5. The van der Waals surface area contributed by atoms with Gasteiger partial charge in [0.1, 0.15) is 0 Å². The first kappa shape index (κ1) is 33.9. The van der Waals surface area contributed by atoms with Crippen LogP contribution in [0.4, 0.5) is 0 Å². The van der Waals surface area contributed by atoms with Crippen LogP contribution in [0.2, 0.25) is 0 Å². The Labute approximate surface area is 352 Å². The number of thiophene rings is 1. The fraction of sp³-hybridized carbons (Fsp3) is 0.0508. The second-order valence-corrected chi connectivity index (χ2v) is 18.3. The Bertz CT molecular complexity index is 3740. The third-order valence-corrected chi connectivity index (χ3v) is 14.7.